The first-order chi connectivity index (χ1) is 19.3. The normalized spacial score (nSPS) is 15.7. The van der Waals surface area contributed by atoms with E-state index in [0.29, 0.717) is 22.4 Å². The molecule has 0 atom stereocenters. The van der Waals surface area contributed by atoms with Crippen molar-refractivity contribution < 1.29 is 22.8 Å². The summed E-state index contributed by atoms with van der Waals surface area (Å²) in [7, 11) is 0. The van der Waals surface area contributed by atoms with Crippen molar-refractivity contribution in [2.75, 3.05) is 0 Å². The molecule has 0 saturated carbocycles. The smallest absolute Gasteiger partial charge is 0.289 e. The van der Waals surface area contributed by atoms with Gasteiger partial charge in [-0.1, -0.05) is 17.7 Å². The lowest BCUT2D eigenvalue weighted by Crippen LogP contribution is -2.05. The van der Waals surface area contributed by atoms with Crippen molar-refractivity contribution in [2.24, 2.45) is 20.5 Å². The van der Waals surface area contributed by atoms with Gasteiger partial charge in [0.15, 0.2) is 11.6 Å². The summed E-state index contributed by atoms with van der Waals surface area (Å²) in [6.45, 7) is 9.07. The molecule has 2 aromatic rings. The van der Waals surface area contributed by atoms with Crippen LogP contribution in [0, 0.1) is 6.92 Å². The first-order valence-corrected chi connectivity index (χ1v) is 12.6. The summed E-state index contributed by atoms with van der Waals surface area (Å²) < 4.78 is 37.2. The van der Waals surface area contributed by atoms with Crippen LogP contribution in [0.2, 0.25) is 0 Å². The van der Waals surface area contributed by atoms with E-state index in [-0.39, 0.29) is 11.6 Å². The van der Waals surface area contributed by atoms with Crippen LogP contribution in [-0.2, 0) is 15.8 Å². The summed E-state index contributed by atoms with van der Waals surface area (Å²) in [6, 6.07) is 12.2. The number of alkyl halides is 3. The van der Waals surface area contributed by atoms with Crippen LogP contribution in [0.4, 0.5) is 24.5 Å². The van der Waals surface area contributed by atoms with Gasteiger partial charge in [-0.05, 0) is 129 Å². The number of rotatable bonds is 4. The van der Waals surface area contributed by atoms with Crippen molar-refractivity contribution in [1.82, 2.24) is 0 Å². The average molecular weight is 559 g/mol. The van der Waals surface area contributed by atoms with Crippen molar-refractivity contribution in [3.63, 3.8) is 0 Å². The minimum Gasteiger partial charge on any atom is -0.289 e. The van der Waals surface area contributed by atoms with Crippen LogP contribution in [0.1, 0.15) is 38.8 Å². The predicted octanol–water partition coefficient (Wildman–Crippen LogP) is 9.59. The molecule has 2 aromatic carbocycles. The van der Waals surface area contributed by atoms with Gasteiger partial charge < -0.3 is 0 Å². The van der Waals surface area contributed by atoms with Gasteiger partial charge in [0.25, 0.3) is 0 Å². The quantitative estimate of drug-likeness (QED) is 0.350. The molecule has 9 heteroatoms. The third-order valence-electron chi connectivity index (χ3n) is 5.95. The number of ketones is 2. The molecule has 0 aromatic heterocycles. The zero-order valence-electron chi connectivity index (χ0n) is 23.3. The molecule has 0 bridgehead atoms. The Labute approximate surface area is 236 Å². The van der Waals surface area contributed by atoms with E-state index in [4.69, 9.17) is 0 Å². The molecular weight excluding hydrogens is 529 g/mol. The average Bonchev–Trinajstić information content (AvgIpc) is 2.91. The number of Topliss-reactive ketones (excluding diaryl/α,β-unsaturated/α-hetero) is 2. The third kappa shape index (κ3) is 9.13. The standard InChI is InChI=1S/C16H13F3N2O.C16H16N2O/c1-10-7-12(8-11(2)15(10)22)9-20-21-14-5-3-13(4-6-14)16(17,18)19;1-11-4-6-15(7-5-11)18-17-10-14-8-12(2)16(19)13(3)9-14/h3-9H,1-2H3;4-10H,1-3H3. The molecule has 0 heterocycles. The Morgan fingerprint density at radius 3 is 1.24 bits per heavy atom. The molecule has 0 fully saturated rings. The van der Waals surface area contributed by atoms with Gasteiger partial charge >= 0.3 is 6.18 Å². The second kappa shape index (κ2) is 13.5. The highest BCUT2D eigenvalue weighted by Crippen LogP contribution is 2.30. The van der Waals surface area contributed by atoms with Gasteiger partial charge in [-0.3, -0.25) is 9.59 Å². The molecule has 0 amide bonds. The van der Waals surface area contributed by atoms with Crippen molar-refractivity contribution in [3.05, 3.63) is 130 Å². The summed E-state index contributed by atoms with van der Waals surface area (Å²) in [4.78, 5) is 23.1. The van der Waals surface area contributed by atoms with E-state index in [1.807, 2.05) is 57.2 Å². The Morgan fingerprint density at radius 1 is 0.561 bits per heavy atom. The highest BCUT2D eigenvalue weighted by Gasteiger charge is 2.29. The fourth-order valence-electron chi connectivity index (χ4n) is 3.77. The van der Waals surface area contributed by atoms with Crippen LogP contribution in [0.3, 0.4) is 0 Å². The number of aryl methyl sites for hydroxylation is 1. The highest BCUT2D eigenvalue weighted by molar-refractivity contribution is 6.10. The monoisotopic (exact) mass is 558 g/mol. The fourth-order valence-corrected chi connectivity index (χ4v) is 3.77. The largest absolute Gasteiger partial charge is 0.416 e. The molecule has 4 rings (SSSR count). The number of hydrogen-bond donors (Lipinski definition) is 0. The van der Waals surface area contributed by atoms with Gasteiger partial charge in [0.05, 0.1) is 29.3 Å². The highest BCUT2D eigenvalue weighted by atomic mass is 19.4. The van der Waals surface area contributed by atoms with E-state index in [0.717, 1.165) is 34.5 Å². The maximum atomic E-state index is 12.4. The molecule has 0 spiro atoms. The van der Waals surface area contributed by atoms with Crippen LogP contribution in [0.25, 0.3) is 0 Å². The van der Waals surface area contributed by atoms with Crippen molar-refractivity contribution in [2.45, 2.75) is 40.8 Å². The fraction of sp³-hybridized carbons (Fsp3) is 0.188. The summed E-state index contributed by atoms with van der Waals surface area (Å²) in [5, 5.41) is 15.8. The molecule has 6 nitrogen and oxygen atoms in total. The summed E-state index contributed by atoms with van der Waals surface area (Å²) in [6.07, 6.45) is 5.77. The summed E-state index contributed by atoms with van der Waals surface area (Å²) in [5.41, 5.74) is 5.89. The lowest BCUT2D eigenvalue weighted by molar-refractivity contribution is -0.137. The van der Waals surface area contributed by atoms with Crippen molar-refractivity contribution in [3.8, 4) is 0 Å². The Balaban J connectivity index is 0.000000228. The number of allylic oxidation sites excluding steroid dienone is 10. The molecule has 0 aliphatic heterocycles. The van der Waals surface area contributed by atoms with E-state index in [1.165, 1.54) is 23.9 Å². The molecule has 0 N–H and O–H groups in total. The Bertz CT molecular complexity index is 1520. The van der Waals surface area contributed by atoms with Gasteiger partial charge in [-0.2, -0.15) is 33.6 Å². The van der Waals surface area contributed by atoms with Crippen LogP contribution < -0.4 is 0 Å². The first kappa shape index (κ1) is 30.7. The molecule has 2 aliphatic rings. The van der Waals surface area contributed by atoms with Gasteiger partial charge in [0, 0.05) is 0 Å². The maximum Gasteiger partial charge on any atom is 0.416 e. The Morgan fingerprint density at radius 2 is 0.902 bits per heavy atom. The van der Waals surface area contributed by atoms with E-state index in [2.05, 4.69) is 20.5 Å². The lowest BCUT2D eigenvalue weighted by Gasteiger charge is -2.08. The van der Waals surface area contributed by atoms with Gasteiger partial charge in [0.1, 0.15) is 0 Å². The number of nitrogens with zero attached hydrogens (tertiary/aromatic N) is 4. The van der Waals surface area contributed by atoms with Crippen LogP contribution in [0.15, 0.2) is 139 Å². The van der Waals surface area contributed by atoms with Gasteiger partial charge in [-0.15, -0.1) is 0 Å². The zero-order valence-corrected chi connectivity index (χ0v) is 23.3. The Kier molecular flexibility index (Phi) is 10.1. The minimum absolute atomic E-state index is 0.0168. The zero-order chi connectivity index (χ0) is 30.2. The number of benzene rings is 2. The molecule has 0 saturated heterocycles. The minimum atomic E-state index is -4.36. The Hall–Kier alpha value is -4.79. The molecule has 0 radical (unpaired) electrons. The molecule has 0 unspecified atom stereocenters. The SMILES string of the molecule is CC1=CC(=CN=Nc2ccc(C(F)(F)F)cc2)C=C(C)C1=O.CC1=CC(=CN=Nc2ccc(C)cc2)C=C(C)C1=O. The molecule has 41 heavy (non-hydrogen) atoms. The molecule has 2 aliphatic carbocycles. The first-order valence-electron chi connectivity index (χ1n) is 12.6. The lowest BCUT2D eigenvalue weighted by atomic mass is 9.96. The van der Waals surface area contributed by atoms with Crippen molar-refractivity contribution >= 4 is 22.9 Å². The van der Waals surface area contributed by atoms with Gasteiger partial charge in [-0.25, -0.2) is 0 Å². The number of azo groups is 2. The van der Waals surface area contributed by atoms with E-state index < -0.39 is 11.7 Å². The number of carbonyl (C=O) groups excluding carboxylic acids is 2. The predicted molar refractivity (Wildman–Crippen MR) is 153 cm³/mol. The number of hydrogen-bond acceptors (Lipinski definition) is 6. The van der Waals surface area contributed by atoms with Crippen molar-refractivity contribution in [1.29, 1.82) is 0 Å². The molecule has 210 valence electrons. The number of carbonyl (C=O) groups is 2. The van der Waals surface area contributed by atoms with E-state index in [9.17, 15) is 22.8 Å². The van der Waals surface area contributed by atoms with E-state index in [1.54, 1.807) is 32.2 Å². The second-order valence-electron chi connectivity index (χ2n) is 9.54. The van der Waals surface area contributed by atoms with E-state index >= 15 is 0 Å². The van der Waals surface area contributed by atoms with Crippen LogP contribution >= 0.6 is 0 Å². The second-order valence-corrected chi connectivity index (χ2v) is 9.54. The summed E-state index contributed by atoms with van der Waals surface area (Å²) in [5.74, 6) is 0.0736. The number of halogens is 3. The molecular formula is C32H29F3N4O2. The summed E-state index contributed by atoms with van der Waals surface area (Å²) >= 11 is 0. The topological polar surface area (TPSA) is 83.6 Å². The van der Waals surface area contributed by atoms with Gasteiger partial charge in [0.2, 0.25) is 0 Å². The maximum absolute atomic E-state index is 12.4. The van der Waals surface area contributed by atoms with Crippen LogP contribution in [-0.4, -0.2) is 11.6 Å². The van der Waals surface area contributed by atoms with Crippen LogP contribution in [0.5, 0.6) is 0 Å². The third-order valence-corrected chi connectivity index (χ3v) is 5.95.